The highest BCUT2D eigenvalue weighted by molar-refractivity contribution is 6.33. The zero-order valence-electron chi connectivity index (χ0n) is 11.6. The number of amides is 1. The van der Waals surface area contributed by atoms with E-state index in [1.165, 1.54) is 6.08 Å². The van der Waals surface area contributed by atoms with Gasteiger partial charge in [-0.05, 0) is 25.8 Å². The van der Waals surface area contributed by atoms with Crippen LogP contribution in [0.2, 0.25) is 0 Å². The molecule has 0 saturated carbocycles. The van der Waals surface area contributed by atoms with E-state index >= 15 is 0 Å². The minimum absolute atomic E-state index is 0.153. The molecule has 0 atom stereocenters. The number of carbonyl (C=O) groups excluding carboxylic acids is 3. The number of ether oxygens (including phenoxy) is 1. The predicted molar refractivity (Wildman–Crippen MR) is 72.5 cm³/mol. The molecule has 5 heteroatoms. The zero-order chi connectivity index (χ0) is 14.5. The lowest BCUT2D eigenvalue weighted by molar-refractivity contribution is -0.153. The van der Waals surface area contributed by atoms with Gasteiger partial charge in [-0.2, -0.15) is 0 Å². The summed E-state index contributed by atoms with van der Waals surface area (Å²) in [5.74, 6) is -1.32. The molecule has 5 nitrogen and oxygen atoms in total. The van der Waals surface area contributed by atoms with E-state index in [0.717, 1.165) is 25.7 Å². The molecule has 0 aliphatic heterocycles. The molecule has 1 N–H and O–H groups in total. The van der Waals surface area contributed by atoms with Crippen molar-refractivity contribution in [3.8, 4) is 0 Å². The summed E-state index contributed by atoms with van der Waals surface area (Å²) in [4.78, 5) is 33.1. The maximum Gasteiger partial charge on any atom is 0.374 e. The highest BCUT2D eigenvalue weighted by Gasteiger charge is 2.13. The molecule has 0 aliphatic rings. The van der Waals surface area contributed by atoms with Gasteiger partial charge in [-0.25, -0.2) is 4.79 Å². The van der Waals surface area contributed by atoms with Gasteiger partial charge in [0.1, 0.15) is 0 Å². The number of rotatable bonds is 11. The van der Waals surface area contributed by atoms with E-state index < -0.39 is 11.8 Å². The largest absolute Gasteiger partial charge is 0.460 e. The first-order valence-electron chi connectivity index (χ1n) is 6.72. The summed E-state index contributed by atoms with van der Waals surface area (Å²) in [6.45, 7) is 5.92. The molecule has 0 radical (unpaired) electrons. The van der Waals surface area contributed by atoms with Crippen molar-refractivity contribution in [3.63, 3.8) is 0 Å². The molecule has 19 heavy (non-hydrogen) atoms. The van der Waals surface area contributed by atoms with E-state index in [2.05, 4.69) is 16.6 Å². The lowest BCUT2D eigenvalue weighted by Crippen LogP contribution is -2.21. The molecule has 0 aromatic heterocycles. The maximum absolute atomic E-state index is 11.2. The molecule has 0 unspecified atom stereocenters. The third-order valence-corrected chi connectivity index (χ3v) is 2.57. The molecule has 0 rings (SSSR count). The second kappa shape index (κ2) is 11.4. The van der Waals surface area contributed by atoms with Crippen LogP contribution in [0.1, 0.15) is 45.4 Å². The topological polar surface area (TPSA) is 72.5 Å². The Balaban J connectivity index is 3.36. The highest BCUT2D eigenvalue weighted by Crippen LogP contribution is 2.06. The van der Waals surface area contributed by atoms with Crippen molar-refractivity contribution in [1.29, 1.82) is 0 Å². The van der Waals surface area contributed by atoms with Crippen molar-refractivity contribution in [2.24, 2.45) is 0 Å². The maximum atomic E-state index is 11.2. The number of Topliss-reactive ketones (excluding diaryl/α,β-unsaturated/α-hetero) is 1. The Bertz CT molecular complexity index is 313. The quantitative estimate of drug-likeness (QED) is 0.268. The van der Waals surface area contributed by atoms with E-state index in [0.29, 0.717) is 13.0 Å². The first-order valence-corrected chi connectivity index (χ1v) is 6.72. The SMILES string of the molecule is C=CC(=O)NCCCCCCCC(=O)C(=O)OCC. The van der Waals surface area contributed by atoms with Gasteiger partial charge in [-0.1, -0.05) is 25.8 Å². The highest BCUT2D eigenvalue weighted by atomic mass is 16.5. The minimum atomic E-state index is -0.727. The summed E-state index contributed by atoms with van der Waals surface area (Å²) in [6.07, 6.45) is 6.00. The van der Waals surface area contributed by atoms with Crippen molar-refractivity contribution in [2.45, 2.75) is 45.4 Å². The van der Waals surface area contributed by atoms with Gasteiger partial charge in [-0.3, -0.25) is 9.59 Å². The Morgan fingerprint density at radius 3 is 2.37 bits per heavy atom. The summed E-state index contributed by atoms with van der Waals surface area (Å²) in [5.41, 5.74) is 0. The van der Waals surface area contributed by atoms with Crippen LogP contribution in [-0.2, 0) is 19.1 Å². The molecule has 0 saturated heterocycles. The van der Waals surface area contributed by atoms with Gasteiger partial charge < -0.3 is 10.1 Å². The predicted octanol–water partition coefficient (Wildman–Crippen LogP) is 1.76. The molecular formula is C14H23NO4. The fraction of sp³-hybridized carbons (Fsp3) is 0.643. The molecule has 108 valence electrons. The monoisotopic (exact) mass is 269 g/mol. The minimum Gasteiger partial charge on any atom is -0.460 e. The third kappa shape index (κ3) is 10.00. The summed E-state index contributed by atoms with van der Waals surface area (Å²) in [6, 6.07) is 0. The Labute approximate surface area is 114 Å². The average molecular weight is 269 g/mol. The van der Waals surface area contributed by atoms with Crippen LogP contribution in [0.3, 0.4) is 0 Å². The van der Waals surface area contributed by atoms with Crippen LogP contribution in [0, 0.1) is 0 Å². The lowest BCUT2D eigenvalue weighted by atomic mass is 10.1. The lowest BCUT2D eigenvalue weighted by Gasteiger charge is -2.03. The van der Waals surface area contributed by atoms with E-state index in [1.54, 1.807) is 6.92 Å². The summed E-state index contributed by atoms with van der Waals surface area (Å²) < 4.78 is 4.61. The number of hydrogen-bond acceptors (Lipinski definition) is 4. The van der Waals surface area contributed by atoms with Crippen molar-refractivity contribution in [2.75, 3.05) is 13.2 Å². The van der Waals surface area contributed by atoms with Crippen LogP contribution < -0.4 is 5.32 Å². The number of esters is 1. The van der Waals surface area contributed by atoms with Gasteiger partial charge in [0.15, 0.2) is 0 Å². The van der Waals surface area contributed by atoms with Gasteiger partial charge in [0.2, 0.25) is 11.7 Å². The molecule has 0 aliphatic carbocycles. The van der Waals surface area contributed by atoms with E-state index in [1.807, 2.05) is 0 Å². The van der Waals surface area contributed by atoms with Crippen LogP contribution in [0.5, 0.6) is 0 Å². The molecular weight excluding hydrogens is 246 g/mol. The Morgan fingerprint density at radius 2 is 1.74 bits per heavy atom. The molecule has 0 fully saturated rings. The van der Waals surface area contributed by atoms with Crippen LogP contribution in [0.25, 0.3) is 0 Å². The smallest absolute Gasteiger partial charge is 0.374 e. The summed E-state index contributed by atoms with van der Waals surface area (Å²) in [5, 5.41) is 2.70. The zero-order valence-corrected chi connectivity index (χ0v) is 11.6. The number of carbonyl (C=O) groups is 3. The molecule has 0 heterocycles. The van der Waals surface area contributed by atoms with Crippen LogP contribution in [0.4, 0.5) is 0 Å². The number of ketones is 1. The second-order valence-corrected chi connectivity index (χ2v) is 4.16. The number of unbranched alkanes of at least 4 members (excludes halogenated alkanes) is 4. The first-order chi connectivity index (χ1) is 9.11. The van der Waals surface area contributed by atoms with Crippen molar-refractivity contribution < 1.29 is 19.1 Å². The van der Waals surface area contributed by atoms with Crippen molar-refractivity contribution >= 4 is 17.7 Å². The van der Waals surface area contributed by atoms with Crippen molar-refractivity contribution in [1.82, 2.24) is 5.32 Å². The molecule has 0 aromatic rings. The average Bonchev–Trinajstić information content (AvgIpc) is 2.41. The molecule has 0 aromatic carbocycles. The second-order valence-electron chi connectivity index (χ2n) is 4.16. The van der Waals surface area contributed by atoms with E-state index in [9.17, 15) is 14.4 Å². The normalized spacial score (nSPS) is 9.74. The van der Waals surface area contributed by atoms with Gasteiger partial charge in [0, 0.05) is 13.0 Å². The Kier molecular flexibility index (Phi) is 10.4. The molecule has 1 amide bonds. The Hall–Kier alpha value is -1.65. The van der Waals surface area contributed by atoms with Crippen LogP contribution in [-0.4, -0.2) is 30.8 Å². The fourth-order valence-electron chi connectivity index (χ4n) is 1.54. The Morgan fingerprint density at radius 1 is 1.11 bits per heavy atom. The summed E-state index contributed by atoms with van der Waals surface area (Å²) >= 11 is 0. The molecule has 0 spiro atoms. The third-order valence-electron chi connectivity index (χ3n) is 2.57. The van der Waals surface area contributed by atoms with Crippen LogP contribution >= 0.6 is 0 Å². The number of nitrogens with one attached hydrogen (secondary N) is 1. The fourth-order valence-corrected chi connectivity index (χ4v) is 1.54. The van der Waals surface area contributed by atoms with E-state index in [-0.39, 0.29) is 18.9 Å². The van der Waals surface area contributed by atoms with Crippen LogP contribution in [0.15, 0.2) is 12.7 Å². The first kappa shape index (κ1) is 17.4. The van der Waals surface area contributed by atoms with Gasteiger partial charge in [-0.15, -0.1) is 0 Å². The van der Waals surface area contributed by atoms with Crippen molar-refractivity contribution in [3.05, 3.63) is 12.7 Å². The van der Waals surface area contributed by atoms with E-state index in [4.69, 9.17) is 0 Å². The number of hydrogen-bond donors (Lipinski definition) is 1. The summed E-state index contributed by atoms with van der Waals surface area (Å²) in [7, 11) is 0. The molecule has 0 bridgehead atoms. The van der Waals surface area contributed by atoms with Gasteiger partial charge in [0.05, 0.1) is 6.61 Å². The standard InChI is InChI=1S/C14H23NO4/c1-3-13(17)15-11-9-7-5-6-8-10-12(16)14(18)19-4-2/h3H,1,4-11H2,2H3,(H,15,17). The van der Waals surface area contributed by atoms with Gasteiger partial charge in [0.25, 0.3) is 0 Å². The van der Waals surface area contributed by atoms with Gasteiger partial charge >= 0.3 is 5.97 Å².